The van der Waals surface area contributed by atoms with Crippen LogP contribution in [0.25, 0.3) is 32.7 Å². The van der Waals surface area contributed by atoms with E-state index in [0.29, 0.717) is 0 Å². The fourth-order valence-electron chi connectivity index (χ4n) is 3.72. The van der Waals surface area contributed by atoms with Crippen LogP contribution in [0.15, 0.2) is 72.8 Å². The zero-order valence-electron chi connectivity index (χ0n) is 16.9. The Balaban J connectivity index is 2.13. The molecule has 0 fully saturated rings. The summed E-state index contributed by atoms with van der Waals surface area (Å²) in [6.45, 7) is 8.25. The van der Waals surface area contributed by atoms with Crippen molar-refractivity contribution in [2.75, 3.05) is 0 Å². The largest absolute Gasteiger partial charge is 0.490 e. The summed E-state index contributed by atoms with van der Waals surface area (Å²) in [5.74, 6) is 1.78. The van der Waals surface area contributed by atoms with Crippen molar-refractivity contribution in [3.63, 3.8) is 0 Å². The molecule has 0 unspecified atom stereocenters. The third-order valence-corrected chi connectivity index (χ3v) is 4.76. The molecule has 4 rings (SSSR count). The van der Waals surface area contributed by atoms with E-state index < -0.39 is 0 Å². The predicted molar refractivity (Wildman–Crippen MR) is 118 cm³/mol. The summed E-state index contributed by atoms with van der Waals surface area (Å²) in [4.78, 5) is 0. The Labute approximate surface area is 166 Å². The first kappa shape index (κ1) is 18.4. The zero-order chi connectivity index (χ0) is 19.7. The maximum atomic E-state index is 6.26. The van der Waals surface area contributed by atoms with Crippen LogP contribution in [0.4, 0.5) is 0 Å². The van der Waals surface area contributed by atoms with Crippen molar-refractivity contribution < 1.29 is 9.47 Å². The van der Waals surface area contributed by atoms with E-state index in [9.17, 15) is 0 Å². The van der Waals surface area contributed by atoms with E-state index in [1.807, 2.05) is 0 Å². The lowest BCUT2D eigenvalue weighted by molar-refractivity contribution is 0.240. The zero-order valence-corrected chi connectivity index (χ0v) is 16.9. The van der Waals surface area contributed by atoms with Gasteiger partial charge in [-0.3, -0.25) is 0 Å². The van der Waals surface area contributed by atoms with E-state index in [2.05, 4.69) is 100 Å². The normalized spacial score (nSPS) is 11.5. The lowest BCUT2D eigenvalue weighted by Gasteiger charge is -2.21. The number of hydrogen-bond acceptors (Lipinski definition) is 2. The van der Waals surface area contributed by atoms with Gasteiger partial charge in [0.2, 0.25) is 0 Å². The van der Waals surface area contributed by atoms with E-state index in [1.165, 1.54) is 21.5 Å². The Morgan fingerprint density at radius 2 is 0.893 bits per heavy atom. The van der Waals surface area contributed by atoms with E-state index >= 15 is 0 Å². The summed E-state index contributed by atoms with van der Waals surface area (Å²) in [7, 11) is 0. The van der Waals surface area contributed by atoms with Gasteiger partial charge in [-0.05, 0) is 61.4 Å². The third kappa shape index (κ3) is 3.43. The monoisotopic (exact) mass is 370 g/mol. The van der Waals surface area contributed by atoms with Crippen LogP contribution in [-0.4, -0.2) is 12.2 Å². The van der Waals surface area contributed by atoms with Crippen molar-refractivity contribution in [2.45, 2.75) is 39.9 Å². The van der Waals surface area contributed by atoms with Crippen LogP contribution in [0.5, 0.6) is 11.5 Å². The topological polar surface area (TPSA) is 18.5 Å². The highest BCUT2D eigenvalue weighted by molar-refractivity contribution is 6.09. The van der Waals surface area contributed by atoms with Gasteiger partial charge in [-0.25, -0.2) is 0 Å². The number of ether oxygens (including phenoxy) is 2. The second-order valence-electron chi connectivity index (χ2n) is 7.65. The summed E-state index contributed by atoms with van der Waals surface area (Å²) in [5, 5.41) is 4.73. The molecule has 4 aromatic rings. The van der Waals surface area contributed by atoms with Gasteiger partial charge in [-0.1, -0.05) is 60.7 Å². The summed E-state index contributed by atoms with van der Waals surface area (Å²) >= 11 is 0. The molecule has 0 aliphatic rings. The molecule has 2 nitrogen and oxygen atoms in total. The molecule has 4 aromatic carbocycles. The van der Waals surface area contributed by atoms with Gasteiger partial charge in [-0.15, -0.1) is 0 Å². The first-order valence-corrected chi connectivity index (χ1v) is 9.92. The minimum atomic E-state index is 0.0874. The lowest BCUT2D eigenvalue weighted by Crippen LogP contribution is -2.09. The highest BCUT2D eigenvalue weighted by Gasteiger charge is 2.19. The molecule has 0 N–H and O–H groups in total. The van der Waals surface area contributed by atoms with E-state index in [-0.39, 0.29) is 12.2 Å². The third-order valence-electron chi connectivity index (χ3n) is 4.76. The van der Waals surface area contributed by atoms with Gasteiger partial charge in [0.15, 0.2) is 0 Å². The van der Waals surface area contributed by atoms with Crippen molar-refractivity contribution in [1.29, 1.82) is 0 Å². The molecule has 2 heteroatoms. The van der Waals surface area contributed by atoms with Crippen LogP contribution in [0.2, 0.25) is 0 Å². The van der Waals surface area contributed by atoms with E-state index in [1.54, 1.807) is 0 Å². The fraction of sp³-hybridized carbons (Fsp3) is 0.231. The molecule has 0 amide bonds. The average molecular weight is 370 g/mol. The van der Waals surface area contributed by atoms with E-state index in [0.717, 1.165) is 22.6 Å². The molecule has 0 heterocycles. The molecule has 0 aromatic heterocycles. The quantitative estimate of drug-likeness (QED) is 0.369. The first-order chi connectivity index (χ1) is 13.5. The SMILES string of the molecule is CC(C)Oc1ccc2ccccc2c1-c1c(OC(C)C)ccc2ccccc12. The number of benzene rings is 4. The molecular weight excluding hydrogens is 344 g/mol. The van der Waals surface area contributed by atoms with Crippen LogP contribution in [0, 0.1) is 0 Å². The maximum absolute atomic E-state index is 6.26. The van der Waals surface area contributed by atoms with Crippen LogP contribution in [0.1, 0.15) is 27.7 Å². The molecule has 0 bridgehead atoms. The molecule has 0 spiro atoms. The van der Waals surface area contributed by atoms with Crippen molar-refractivity contribution in [3.8, 4) is 22.6 Å². The number of hydrogen-bond donors (Lipinski definition) is 0. The molecule has 0 saturated carbocycles. The Bertz CT molecular complexity index is 1030. The summed E-state index contributed by atoms with van der Waals surface area (Å²) in [5.41, 5.74) is 2.19. The van der Waals surface area contributed by atoms with Crippen LogP contribution < -0.4 is 9.47 Å². The van der Waals surface area contributed by atoms with Crippen LogP contribution in [0.3, 0.4) is 0 Å². The smallest absolute Gasteiger partial charge is 0.128 e. The highest BCUT2D eigenvalue weighted by atomic mass is 16.5. The van der Waals surface area contributed by atoms with Gasteiger partial charge in [0.1, 0.15) is 11.5 Å². The van der Waals surface area contributed by atoms with Gasteiger partial charge >= 0.3 is 0 Å². The first-order valence-electron chi connectivity index (χ1n) is 9.92. The Morgan fingerprint density at radius 3 is 1.29 bits per heavy atom. The summed E-state index contributed by atoms with van der Waals surface area (Å²) < 4.78 is 12.5. The fourth-order valence-corrected chi connectivity index (χ4v) is 3.72. The Hall–Kier alpha value is -3.00. The van der Waals surface area contributed by atoms with Gasteiger partial charge < -0.3 is 9.47 Å². The van der Waals surface area contributed by atoms with Crippen molar-refractivity contribution in [2.24, 2.45) is 0 Å². The standard InChI is InChI=1S/C26H26O2/c1-17(2)27-23-15-13-19-9-5-7-11-21(19)25(23)26-22-12-8-6-10-20(22)14-16-24(26)28-18(3)4/h5-18H,1-4H3. The minimum absolute atomic E-state index is 0.0874. The second-order valence-corrected chi connectivity index (χ2v) is 7.65. The molecule has 28 heavy (non-hydrogen) atoms. The van der Waals surface area contributed by atoms with Crippen molar-refractivity contribution in [1.82, 2.24) is 0 Å². The Morgan fingerprint density at radius 1 is 0.500 bits per heavy atom. The van der Waals surface area contributed by atoms with Gasteiger partial charge in [0, 0.05) is 11.1 Å². The summed E-state index contributed by atoms with van der Waals surface area (Å²) in [6, 6.07) is 25.4. The molecule has 0 saturated heterocycles. The maximum Gasteiger partial charge on any atom is 0.128 e. The second kappa shape index (κ2) is 7.55. The number of fused-ring (bicyclic) bond motifs is 2. The minimum Gasteiger partial charge on any atom is -0.490 e. The molecule has 142 valence electrons. The number of rotatable bonds is 5. The van der Waals surface area contributed by atoms with Crippen LogP contribution in [-0.2, 0) is 0 Å². The van der Waals surface area contributed by atoms with Crippen LogP contribution >= 0.6 is 0 Å². The Kier molecular flexibility index (Phi) is 4.95. The molecule has 0 aliphatic carbocycles. The average Bonchev–Trinajstić information content (AvgIpc) is 2.67. The molecule has 0 aliphatic heterocycles. The van der Waals surface area contributed by atoms with Gasteiger partial charge in [-0.2, -0.15) is 0 Å². The molecular formula is C26H26O2. The van der Waals surface area contributed by atoms with Crippen molar-refractivity contribution >= 4 is 21.5 Å². The van der Waals surface area contributed by atoms with Gasteiger partial charge in [0.25, 0.3) is 0 Å². The summed E-state index contributed by atoms with van der Waals surface area (Å²) in [6.07, 6.45) is 0.175. The van der Waals surface area contributed by atoms with Gasteiger partial charge in [0.05, 0.1) is 12.2 Å². The highest BCUT2D eigenvalue weighted by Crippen LogP contribution is 2.45. The predicted octanol–water partition coefficient (Wildman–Crippen LogP) is 7.23. The molecule has 0 atom stereocenters. The lowest BCUT2D eigenvalue weighted by atomic mass is 9.92. The van der Waals surface area contributed by atoms with Crippen molar-refractivity contribution in [3.05, 3.63) is 72.8 Å². The molecule has 0 radical (unpaired) electrons. The van der Waals surface area contributed by atoms with E-state index in [4.69, 9.17) is 9.47 Å².